The Hall–Kier alpha value is -3.15. The Labute approximate surface area is 146 Å². The van der Waals surface area contributed by atoms with Crippen LogP contribution in [0, 0.1) is 0 Å². The van der Waals surface area contributed by atoms with Gasteiger partial charge in [-0.2, -0.15) is 0 Å². The van der Waals surface area contributed by atoms with Gasteiger partial charge >= 0.3 is 0 Å². The van der Waals surface area contributed by atoms with Crippen molar-refractivity contribution >= 4 is 17.9 Å². The summed E-state index contributed by atoms with van der Waals surface area (Å²) in [5.74, 6) is 0.433. The third-order valence-corrected chi connectivity index (χ3v) is 3.41. The van der Waals surface area contributed by atoms with E-state index in [4.69, 9.17) is 4.74 Å². The molecular formula is C19H21N3O3. The Balaban J connectivity index is 1.63. The Morgan fingerprint density at radius 3 is 2.56 bits per heavy atom. The molecule has 2 aromatic rings. The van der Waals surface area contributed by atoms with Crippen LogP contribution in [0.5, 0.6) is 5.75 Å². The minimum Gasteiger partial charge on any atom is -0.497 e. The van der Waals surface area contributed by atoms with Gasteiger partial charge in [-0.3, -0.25) is 14.6 Å². The molecule has 1 aromatic heterocycles. The lowest BCUT2D eigenvalue weighted by Crippen LogP contribution is -2.29. The van der Waals surface area contributed by atoms with Crippen molar-refractivity contribution in [3.63, 3.8) is 0 Å². The van der Waals surface area contributed by atoms with Crippen molar-refractivity contribution in [2.45, 2.75) is 6.42 Å². The van der Waals surface area contributed by atoms with Gasteiger partial charge in [0.15, 0.2) is 0 Å². The van der Waals surface area contributed by atoms with Crippen LogP contribution < -0.4 is 15.4 Å². The molecule has 0 radical (unpaired) electrons. The molecule has 0 bridgehead atoms. The molecule has 6 heteroatoms. The Bertz CT molecular complexity index is 712. The van der Waals surface area contributed by atoms with Gasteiger partial charge in [-0.1, -0.05) is 12.1 Å². The molecule has 0 atom stereocenters. The number of rotatable bonds is 8. The molecule has 0 aliphatic carbocycles. The minimum absolute atomic E-state index is 0.168. The maximum atomic E-state index is 11.8. The molecule has 0 aliphatic heterocycles. The predicted molar refractivity (Wildman–Crippen MR) is 96.2 cm³/mol. The molecule has 0 saturated heterocycles. The van der Waals surface area contributed by atoms with Gasteiger partial charge in [-0.25, -0.2) is 0 Å². The Morgan fingerprint density at radius 2 is 1.88 bits per heavy atom. The zero-order chi connectivity index (χ0) is 17.9. The van der Waals surface area contributed by atoms with Crippen molar-refractivity contribution in [1.29, 1.82) is 0 Å². The molecule has 2 amide bonds. The summed E-state index contributed by atoms with van der Waals surface area (Å²) in [4.78, 5) is 27.4. The van der Waals surface area contributed by atoms with Crippen LogP contribution in [0.4, 0.5) is 0 Å². The number of aromatic nitrogens is 1. The van der Waals surface area contributed by atoms with Gasteiger partial charge in [0.05, 0.1) is 12.7 Å². The topological polar surface area (TPSA) is 80.3 Å². The van der Waals surface area contributed by atoms with E-state index in [0.717, 1.165) is 11.3 Å². The van der Waals surface area contributed by atoms with Crippen LogP contribution in [0.15, 0.2) is 54.9 Å². The highest BCUT2D eigenvalue weighted by Crippen LogP contribution is 2.12. The second-order valence-electron chi connectivity index (χ2n) is 5.25. The summed E-state index contributed by atoms with van der Waals surface area (Å²) in [6.45, 7) is 0.968. The standard InChI is InChI=1S/C19H21N3O3/c1-25-17-8-5-15(6-9-17)7-10-18(23)21-12-3-13-22-19(24)16-4-2-11-20-14-16/h2,4-11,14H,3,12-13H2,1H3,(H,21,23)(H,22,24)/b10-7+. The van der Waals surface area contributed by atoms with E-state index in [-0.39, 0.29) is 11.8 Å². The molecule has 2 rings (SSSR count). The summed E-state index contributed by atoms with van der Waals surface area (Å²) in [5, 5.41) is 5.56. The molecule has 0 aliphatic rings. The van der Waals surface area contributed by atoms with E-state index < -0.39 is 0 Å². The minimum atomic E-state index is -0.172. The molecule has 0 fully saturated rings. The van der Waals surface area contributed by atoms with Gasteiger partial charge in [-0.15, -0.1) is 0 Å². The van der Waals surface area contributed by atoms with E-state index >= 15 is 0 Å². The Morgan fingerprint density at radius 1 is 1.12 bits per heavy atom. The van der Waals surface area contributed by atoms with Crippen molar-refractivity contribution < 1.29 is 14.3 Å². The average Bonchev–Trinajstić information content (AvgIpc) is 2.67. The van der Waals surface area contributed by atoms with Gasteiger partial charge in [0.25, 0.3) is 5.91 Å². The summed E-state index contributed by atoms with van der Waals surface area (Å²) < 4.78 is 5.08. The lowest BCUT2D eigenvalue weighted by molar-refractivity contribution is -0.116. The zero-order valence-electron chi connectivity index (χ0n) is 14.1. The average molecular weight is 339 g/mol. The van der Waals surface area contributed by atoms with Crippen molar-refractivity contribution in [3.8, 4) is 5.75 Å². The van der Waals surface area contributed by atoms with Crippen molar-refractivity contribution in [1.82, 2.24) is 15.6 Å². The van der Waals surface area contributed by atoms with Gasteiger partial charge in [0.2, 0.25) is 5.91 Å². The van der Waals surface area contributed by atoms with Crippen molar-refractivity contribution in [2.24, 2.45) is 0 Å². The van der Waals surface area contributed by atoms with E-state index in [0.29, 0.717) is 25.1 Å². The molecule has 25 heavy (non-hydrogen) atoms. The monoisotopic (exact) mass is 339 g/mol. The van der Waals surface area contributed by atoms with Crippen molar-refractivity contribution in [2.75, 3.05) is 20.2 Å². The van der Waals surface area contributed by atoms with Crippen LogP contribution in [0.3, 0.4) is 0 Å². The highest BCUT2D eigenvalue weighted by molar-refractivity contribution is 5.93. The first-order valence-corrected chi connectivity index (χ1v) is 7.97. The number of carbonyl (C=O) groups is 2. The third kappa shape index (κ3) is 6.47. The van der Waals surface area contributed by atoms with Crippen LogP contribution in [0.25, 0.3) is 6.08 Å². The molecule has 6 nitrogen and oxygen atoms in total. The highest BCUT2D eigenvalue weighted by Gasteiger charge is 2.03. The number of carbonyl (C=O) groups excluding carboxylic acids is 2. The molecule has 0 spiro atoms. The van der Waals surface area contributed by atoms with E-state index in [1.54, 1.807) is 31.5 Å². The number of pyridine rings is 1. The van der Waals surface area contributed by atoms with Gasteiger partial charge in [0, 0.05) is 31.6 Å². The Kier molecular flexibility index (Phi) is 7.18. The van der Waals surface area contributed by atoms with Crippen LogP contribution >= 0.6 is 0 Å². The van der Waals surface area contributed by atoms with E-state index in [2.05, 4.69) is 15.6 Å². The fourth-order valence-electron chi connectivity index (χ4n) is 2.05. The highest BCUT2D eigenvalue weighted by atomic mass is 16.5. The number of methoxy groups -OCH3 is 1. The number of hydrogen-bond acceptors (Lipinski definition) is 4. The molecule has 1 aromatic carbocycles. The number of ether oxygens (including phenoxy) is 1. The SMILES string of the molecule is COc1ccc(/C=C/C(=O)NCCCNC(=O)c2cccnc2)cc1. The third-order valence-electron chi connectivity index (χ3n) is 3.41. The summed E-state index contributed by atoms with van der Waals surface area (Å²) in [5.41, 5.74) is 1.44. The second-order valence-corrected chi connectivity index (χ2v) is 5.25. The first kappa shape index (κ1) is 18.2. The van der Waals surface area contributed by atoms with Crippen LogP contribution in [0.1, 0.15) is 22.3 Å². The number of nitrogens with zero attached hydrogens (tertiary/aromatic N) is 1. The maximum absolute atomic E-state index is 11.8. The summed E-state index contributed by atoms with van der Waals surface area (Å²) in [7, 11) is 1.61. The largest absolute Gasteiger partial charge is 0.497 e. The quantitative estimate of drug-likeness (QED) is 0.570. The maximum Gasteiger partial charge on any atom is 0.252 e. The van der Waals surface area contributed by atoms with Crippen LogP contribution in [0.2, 0.25) is 0 Å². The fraction of sp³-hybridized carbons (Fsp3) is 0.211. The van der Waals surface area contributed by atoms with E-state index in [1.165, 1.54) is 12.3 Å². The first-order valence-electron chi connectivity index (χ1n) is 7.97. The lowest BCUT2D eigenvalue weighted by Gasteiger charge is -2.05. The summed E-state index contributed by atoms with van der Waals surface area (Å²) >= 11 is 0. The van der Waals surface area contributed by atoms with Gasteiger partial charge in [-0.05, 0) is 42.3 Å². The number of amides is 2. The van der Waals surface area contributed by atoms with E-state index in [9.17, 15) is 9.59 Å². The molecule has 0 saturated carbocycles. The van der Waals surface area contributed by atoms with Gasteiger partial charge in [0.1, 0.15) is 5.75 Å². The van der Waals surface area contributed by atoms with Crippen LogP contribution in [-0.2, 0) is 4.79 Å². The zero-order valence-corrected chi connectivity index (χ0v) is 14.1. The predicted octanol–water partition coefficient (Wildman–Crippen LogP) is 2.04. The molecule has 1 heterocycles. The number of nitrogens with one attached hydrogen (secondary N) is 2. The number of benzene rings is 1. The van der Waals surface area contributed by atoms with Crippen LogP contribution in [-0.4, -0.2) is 37.0 Å². The summed E-state index contributed by atoms with van der Waals surface area (Å²) in [6.07, 6.45) is 7.00. The number of hydrogen-bond donors (Lipinski definition) is 2. The fourth-order valence-corrected chi connectivity index (χ4v) is 2.05. The van der Waals surface area contributed by atoms with Crippen molar-refractivity contribution in [3.05, 3.63) is 66.0 Å². The molecular weight excluding hydrogens is 318 g/mol. The molecule has 2 N–H and O–H groups in total. The lowest BCUT2D eigenvalue weighted by atomic mass is 10.2. The molecule has 130 valence electrons. The normalized spacial score (nSPS) is 10.4. The van der Waals surface area contributed by atoms with E-state index in [1.807, 2.05) is 24.3 Å². The smallest absolute Gasteiger partial charge is 0.252 e. The first-order chi connectivity index (χ1) is 12.2. The summed E-state index contributed by atoms with van der Waals surface area (Å²) in [6, 6.07) is 10.8. The molecule has 0 unspecified atom stereocenters. The van der Waals surface area contributed by atoms with Gasteiger partial charge < -0.3 is 15.4 Å². The second kappa shape index (κ2) is 9.87.